The van der Waals surface area contributed by atoms with Gasteiger partial charge in [-0.25, -0.2) is 0 Å². The molecule has 0 atom stereocenters. The molecule has 0 saturated heterocycles. The molecule has 0 spiro atoms. The van der Waals surface area contributed by atoms with E-state index in [0.717, 1.165) is 25.7 Å². The van der Waals surface area contributed by atoms with Gasteiger partial charge in [0, 0.05) is 5.54 Å². The molecule has 0 saturated carbocycles. The van der Waals surface area contributed by atoms with Crippen molar-refractivity contribution in [1.29, 1.82) is 0 Å². The van der Waals surface area contributed by atoms with E-state index in [2.05, 4.69) is 13.8 Å². The highest BCUT2D eigenvalue weighted by Gasteiger charge is 2.22. The highest BCUT2D eigenvalue weighted by atomic mass is 16.3. The number of hydrogen-bond acceptors (Lipinski definition) is 2. The van der Waals surface area contributed by atoms with Crippen molar-refractivity contribution in [1.82, 2.24) is 0 Å². The summed E-state index contributed by atoms with van der Waals surface area (Å²) in [5.41, 5.74) is 5.83. The SMILES string of the molecule is CCCCCC(N)(CO)CCCCC. The second-order valence-corrected chi connectivity index (χ2v) is 4.43. The highest BCUT2D eigenvalue weighted by Crippen LogP contribution is 2.19. The van der Waals surface area contributed by atoms with Crippen LogP contribution in [-0.4, -0.2) is 17.3 Å². The zero-order valence-electron chi connectivity index (χ0n) is 9.89. The average Bonchev–Trinajstić information content (AvgIpc) is 2.19. The van der Waals surface area contributed by atoms with E-state index in [1.54, 1.807) is 0 Å². The van der Waals surface area contributed by atoms with Crippen LogP contribution < -0.4 is 5.73 Å². The molecule has 86 valence electrons. The van der Waals surface area contributed by atoms with Crippen molar-refractivity contribution in [2.75, 3.05) is 6.61 Å². The van der Waals surface area contributed by atoms with Crippen LogP contribution in [-0.2, 0) is 0 Å². The topological polar surface area (TPSA) is 46.2 Å². The molecule has 0 aromatic rings. The molecule has 0 aliphatic rings. The number of hydrogen-bond donors (Lipinski definition) is 2. The third kappa shape index (κ3) is 6.39. The first-order chi connectivity index (χ1) is 6.68. The fraction of sp³-hybridized carbons (Fsp3) is 1.00. The molecule has 14 heavy (non-hydrogen) atoms. The Labute approximate surface area is 88.9 Å². The Bertz CT molecular complexity index is 115. The summed E-state index contributed by atoms with van der Waals surface area (Å²) in [6.07, 6.45) is 9.15. The van der Waals surface area contributed by atoms with E-state index in [9.17, 15) is 5.11 Å². The number of aliphatic hydroxyl groups is 1. The molecule has 0 fully saturated rings. The fourth-order valence-corrected chi connectivity index (χ4v) is 1.74. The van der Waals surface area contributed by atoms with Gasteiger partial charge in [-0.3, -0.25) is 0 Å². The Morgan fingerprint density at radius 2 is 1.36 bits per heavy atom. The summed E-state index contributed by atoms with van der Waals surface area (Å²) in [6, 6.07) is 0. The summed E-state index contributed by atoms with van der Waals surface area (Å²) < 4.78 is 0. The van der Waals surface area contributed by atoms with E-state index in [4.69, 9.17) is 5.73 Å². The van der Waals surface area contributed by atoms with Crippen LogP contribution in [0.2, 0.25) is 0 Å². The van der Waals surface area contributed by atoms with Gasteiger partial charge in [-0.05, 0) is 12.8 Å². The van der Waals surface area contributed by atoms with Crippen molar-refractivity contribution >= 4 is 0 Å². The Hall–Kier alpha value is -0.0800. The lowest BCUT2D eigenvalue weighted by Gasteiger charge is -2.27. The molecule has 2 heteroatoms. The summed E-state index contributed by atoms with van der Waals surface area (Å²) in [7, 11) is 0. The van der Waals surface area contributed by atoms with Crippen molar-refractivity contribution in [3.05, 3.63) is 0 Å². The molecule has 0 unspecified atom stereocenters. The smallest absolute Gasteiger partial charge is 0.0611 e. The minimum Gasteiger partial charge on any atom is -0.394 e. The van der Waals surface area contributed by atoms with Gasteiger partial charge >= 0.3 is 0 Å². The van der Waals surface area contributed by atoms with Crippen LogP contribution in [0, 0.1) is 0 Å². The summed E-state index contributed by atoms with van der Waals surface area (Å²) in [4.78, 5) is 0. The van der Waals surface area contributed by atoms with Crippen LogP contribution in [0.15, 0.2) is 0 Å². The predicted molar refractivity (Wildman–Crippen MR) is 62.3 cm³/mol. The number of rotatable bonds is 9. The Morgan fingerprint density at radius 3 is 1.64 bits per heavy atom. The van der Waals surface area contributed by atoms with Gasteiger partial charge in [0.2, 0.25) is 0 Å². The van der Waals surface area contributed by atoms with Gasteiger partial charge in [0.05, 0.1) is 6.61 Å². The monoisotopic (exact) mass is 201 g/mol. The standard InChI is InChI=1S/C12H27NO/c1-3-5-7-9-12(13,11-14)10-8-6-4-2/h14H,3-11,13H2,1-2H3. The molecule has 0 aliphatic carbocycles. The van der Waals surface area contributed by atoms with Crippen LogP contribution in [0.25, 0.3) is 0 Å². The number of aliphatic hydroxyl groups excluding tert-OH is 1. The lowest BCUT2D eigenvalue weighted by atomic mass is 9.88. The van der Waals surface area contributed by atoms with Gasteiger partial charge in [0.15, 0.2) is 0 Å². The van der Waals surface area contributed by atoms with E-state index < -0.39 is 0 Å². The summed E-state index contributed by atoms with van der Waals surface area (Å²) in [5, 5.41) is 9.26. The van der Waals surface area contributed by atoms with Crippen molar-refractivity contribution < 1.29 is 5.11 Å². The Kier molecular flexibility index (Phi) is 8.20. The molecule has 3 N–H and O–H groups in total. The van der Waals surface area contributed by atoms with E-state index in [1.807, 2.05) is 0 Å². The van der Waals surface area contributed by atoms with E-state index in [-0.39, 0.29) is 12.1 Å². The Morgan fingerprint density at radius 1 is 0.929 bits per heavy atom. The minimum absolute atomic E-state index is 0.139. The largest absolute Gasteiger partial charge is 0.394 e. The summed E-state index contributed by atoms with van der Waals surface area (Å²) >= 11 is 0. The second-order valence-electron chi connectivity index (χ2n) is 4.43. The molecule has 0 aromatic heterocycles. The van der Waals surface area contributed by atoms with Crippen LogP contribution in [0.4, 0.5) is 0 Å². The molecule has 0 rings (SSSR count). The third-order valence-electron chi connectivity index (χ3n) is 2.87. The first-order valence-electron chi connectivity index (χ1n) is 6.08. The minimum atomic E-state index is -0.301. The first kappa shape index (κ1) is 13.9. The zero-order valence-corrected chi connectivity index (χ0v) is 9.89. The molecule has 0 radical (unpaired) electrons. The van der Waals surface area contributed by atoms with Gasteiger partial charge < -0.3 is 10.8 Å². The first-order valence-corrected chi connectivity index (χ1v) is 6.08. The Balaban J connectivity index is 3.67. The lowest BCUT2D eigenvalue weighted by Crippen LogP contribution is -2.43. The van der Waals surface area contributed by atoms with Gasteiger partial charge in [-0.15, -0.1) is 0 Å². The second kappa shape index (κ2) is 8.25. The fourth-order valence-electron chi connectivity index (χ4n) is 1.74. The third-order valence-corrected chi connectivity index (χ3v) is 2.87. The normalized spacial score (nSPS) is 12.0. The molecule has 0 bridgehead atoms. The van der Waals surface area contributed by atoms with E-state index in [0.29, 0.717) is 0 Å². The van der Waals surface area contributed by atoms with E-state index >= 15 is 0 Å². The lowest BCUT2D eigenvalue weighted by molar-refractivity contribution is 0.172. The van der Waals surface area contributed by atoms with Crippen molar-refractivity contribution in [3.8, 4) is 0 Å². The molecule has 0 amide bonds. The van der Waals surface area contributed by atoms with Crippen molar-refractivity contribution in [2.24, 2.45) is 5.73 Å². The number of unbranched alkanes of at least 4 members (excludes halogenated alkanes) is 4. The van der Waals surface area contributed by atoms with Gasteiger partial charge in [-0.2, -0.15) is 0 Å². The maximum Gasteiger partial charge on any atom is 0.0611 e. The highest BCUT2D eigenvalue weighted by molar-refractivity contribution is 4.82. The van der Waals surface area contributed by atoms with Crippen LogP contribution in [0.1, 0.15) is 65.2 Å². The predicted octanol–water partition coefficient (Wildman–Crippen LogP) is 2.84. The average molecular weight is 201 g/mol. The van der Waals surface area contributed by atoms with Gasteiger partial charge in [-0.1, -0.05) is 52.4 Å². The molecular formula is C12H27NO. The summed E-state index contributed by atoms with van der Waals surface area (Å²) in [6.45, 7) is 4.52. The van der Waals surface area contributed by atoms with Crippen molar-refractivity contribution in [3.63, 3.8) is 0 Å². The molecular weight excluding hydrogens is 174 g/mol. The van der Waals surface area contributed by atoms with Crippen LogP contribution in [0.5, 0.6) is 0 Å². The van der Waals surface area contributed by atoms with Gasteiger partial charge in [0.1, 0.15) is 0 Å². The zero-order chi connectivity index (χ0) is 10.9. The van der Waals surface area contributed by atoms with Crippen LogP contribution >= 0.6 is 0 Å². The van der Waals surface area contributed by atoms with Crippen LogP contribution in [0.3, 0.4) is 0 Å². The van der Waals surface area contributed by atoms with Gasteiger partial charge in [0.25, 0.3) is 0 Å². The molecule has 0 aliphatic heterocycles. The quantitative estimate of drug-likeness (QED) is 0.563. The van der Waals surface area contributed by atoms with Crippen molar-refractivity contribution in [2.45, 2.75) is 70.8 Å². The number of nitrogens with two attached hydrogens (primary N) is 1. The molecule has 2 nitrogen and oxygen atoms in total. The summed E-state index contributed by atoms with van der Waals surface area (Å²) in [5.74, 6) is 0. The van der Waals surface area contributed by atoms with E-state index in [1.165, 1.54) is 25.7 Å². The maximum absolute atomic E-state index is 9.26. The maximum atomic E-state index is 9.26. The molecule has 0 aromatic carbocycles. The molecule has 0 heterocycles.